The van der Waals surface area contributed by atoms with Crippen LogP contribution in [0.15, 0.2) is 39.9 Å². The van der Waals surface area contributed by atoms with Gasteiger partial charge in [0.2, 0.25) is 10.0 Å². The second-order valence-electron chi connectivity index (χ2n) is 4.68. The molecule has 0 fully saturated rings. The Balaban J connectivity index is 2.32. The predicted octanol–water partition coefficient (Wildman–Crippen LogP) is 2.79. The van der Waals surface area contributed by atoms with Crippen molar-refractivity contribution in [1.29, 1.82) is 0 Å². The first-order valence-corrected chi connectivity index (χ1v) is 8.62. The summed E-state index contributed by atoms with van der Waals surface area (Å²) < 4.78 is 27.2. The third-order valence-electron chi connectivity index (χ3n) is 3.12. The molecule has 0 saturated carbocycles. The summed E-state index contributed by atoms with van der Waals surface area (Å²) in [6.07, 6.45) is 0. The fraction of sp³-hybridized carbons (Fsp3) is 0.214. The molecule has 0 amide bonds. The van der Waals surface area contributed by atoms with Gasteiger partial charge in [-0.2, -0.15) is 11.3 Å². The molecule has 0 radical (unpaired) electrons. The number of carboxylic acids is 1. The maximum Gasteiger partial charge on any atom is 0.335 e. The van der Waals surface area contributed by atoms with Crippen molar-refractivity contribution < 1.29 is 18.3 Å². The van der Waals surface area contributed by atoms with Gasteiger partial charge >= 0.3 is 5.97 Å². The van der Waals surface area contributed by atoms with Crippen molar-refractivity contribution in [3.8, 4) is 0 Å². The molecular weight excluding hydrogens is 310 g/mol. The summed E-state index contributed by atoms with van der Waals surface area (Å²) in [4.78, 5) is 11.0. The van der Waals surface area contributed by atoms with Crippen LogP contribution in [0.1, 0.15) is 34.5 Å². The van der Waals surface area contributed by atoms with Crippen molar-refractivity contribution in [1.82, 2.24) is 4.72 Å². The Hall–Kier alpha value is -1.70. The molecule has 1 heterocycles. The van der Waals surface area contributed by atoms with Gasteiger partial charge in [-0.25, -0.2) is 17.9 Å². The molecule has 1 aromatic heterocycles. The van der Waals surface area contributed by atoms with Gasteiger partial charge in [0.25, 0.3) is 0 Å². The predicted molar refractivity (Wildman–Crippen MR) is 81.2 cm³/mol. The van der Waals surface area contributed by atoms with Gasteiger partial charge in [-0.15, -0.1) is 0 Å². The number of hydrogen-bond donors (Lipinski definition) is 2. The smallest absolute Gasteiger partial charge is 0.335 e. The summed E-state index contributed by atoms with van der Waals surface area (Å²) in [6.45, 7) is 3.37. The second kappa shape index (κ2) is 5.97. The zero-order chi connectivity index (χ0) is 15.6. The molecule has 7 heteroatoms. The lowest BCUT2D eigenvalue weighted by molar-refractivity contribution is 0.0696. The summed E-state index contributed by atoms with van der Waals surface area (Å²) in [7, 11) is -3.77. The Bertz CT molecular complexity index is 751. The quantitative estimate of drug-likeness (QED) is 0.885. The lowest BCUT2D eigenvalue weighted by Crippen LogP contribution is -2.26. The monoisotopic (exact) mass is 325 g/mol. The number of carbonyl (C=O) groups is 1. The van der Waals surface area contributed by atoms with E-state index in [1.54, 1.807) is 13.8 Å². The molecule has 2 rings (SSSR count). The minimum Gasteiger partial charge on any atom is -0.478 e. The maximum absolute atomic E-state index is 12.3. The third-order valence-corrected chi connectivity index (χ3v) is 5.36. The van der Waals surface area contributed by atoms with Crippen LogP contribution in [0.2, 0.25) is 0 Å². The Labute approximate surface area is 127 Å². The van der Waals surface area contributed by atoms with E-state index in [0.29, 0.717) is 5.56 Å². The Morgan fingerprint density at radius 2 is 2.05 bits per heavy atom. The minimum atomic E-state index is -3.77. The van der Waals surface area contributed by atoms with E-state index in [-0.39, 0.29) is 16.5 Å². The van der Waals surface area contributed by atoms with E-state index in [1.807, 2.05) is 16.8 Å². The number of nitrogens with one attached hydrogen (secondary N) is 1. The van der Waals surface area contributed by atoms with E-state index in [2.05, 4.69) is 4.72 Å². The van der Waals surface area contributed by atoms with Gasteiger partial charge in [-0.05, 0) is 53.9 Å². The molecule has 2 aromatic rings. The van der Waals surface area contributed by atoms with Crippen molar-refractivity contribution in [3.63, 3.8) is 0 Å². The molecule has 112 valence electrons. The molecule has 2 N–H and O–H groups in total. The van der Waals surface area contributed by atoms with E-state index in [1.165, 1.54) is 29.5 Å². The molecule has 1 atom stereocenters. The first-order valence-electron chi connectivity index (χ1n) is 6.19. The van der Waals surface area contributed by atoms with Crippen molar-refractivity contribution in [3.05, 3.63) is 51.7 Å². The fourth-order valence-electron chi connectivity index (χ4n) is 1.89. The molecule has 1 unspecified atom stereocenters. The van der Waals surface area contributed by atoms with Crippen molar-refractivity contribution in [2.75, 3.05) is 0 Å². The number of rotatable bonds is 5. The van der Waals surface area contributed by atoms with E-state index < -0.39 is 16.0 Å². The number of sulfonamides is 1. The van der Waals surface area contributed by atoms with E-state index in [9.17, 15) is 13.2 Å². The van der Waals surface area contributed by atoms with Crippen LogP contribution < -0.4 is 4.72 Å². The number of aryl methyl sites for hydroxylation is 1. The molecule has 0 spiro atoms. The van der Waals surface area contributed by atoms with Gasteiger partial charge in [0.15, 0.2) is 0 Å². The van der Waals surface area contributed by atoms with Gasteiger partial charge in [-0.1, -0.05) is 6.07 Å². The molecule has 1 aromatic carbocycles. The van der Waals surface area contributed by atoms with Crippen molar-refractivity contribution in [2.45, 2.75) is 24.8 Å². The maximum atomic E-state index is 12.3. The number of benzene rings is 1. The zero-order valence-corrected chi connectivity index (χ0v) is 13.2. The van der Waals surface area contributed by atoms with Crippen LogP contribution in [0.4, 0.5) is 0 Å². The normalized spacial score (nSPS) is 13.0. The lowest BCUT2D eigenvalue weighted by Gasteiger charge is -2.14. The largest absolute Gasteiger partial charge is 0.478 e. The first-order chi connectivity index (χ1) is 9.81. The third kappa shape index (κ3) is 3.49. The van der Waals surface area contributed by atoms with Gasteiger partial charge in [0.1, 0.15) is 0 Å². The topological polar surface area (TPSA) is 83.5 Å². The molecule has 0 aliphatic rings. The lowest BCUT2D eigenvalue weighted by atomic mass is 10.1. The number of carboxylic acid groups (broad SMARTS) is 1. The van der Waals surface area contributed by atoms with Gasteiger partial charge in [0.05, 0.1) is 10.5 Å². The number of thiophene rings is 1. The summed E-state index contributed by atoms with van der Waals surface area (Å²) in [5.41, 5.74) is 1.38. The average Bonchev–Trinajstić information content (AvgIpc) is 2.92. The second-order valence-corrected chi connectivity index (χ2v) is 7.18. The van der Waals surface area contributed by atoms with Crippen LogP contribution >= 0.6 is 11.3 Å². The van der Waals surface area contributed by atoms with Gasteiger partial charge in [0, 0.05) is 6.04 Å². The summed E-state index contributed by atoms with van der Waals surface area (Å²) in [6, 6.07) is 5.55. The molecule has 0 aliphatic carbocycles. The van der Waals surface area contributed by atoms with Crippen LogP contribution in [0.5, 0.6) is 0 Å². The molecular formula is C14H15NO4S2. The van der Waals surface area contributed by atoms with Crippen LogP contribution in [0.25, 0.3) is 0 Å². The van der Waals surface area contributed by atoms with Crippen molar-refractivity contribution in [2.24, 2.45) is 0 Å². The summed E-state index contributed by atoms with van der Waals surface area (Å²) in [5.74, 6) is -1.14. The van der Waals surface area contributed by atoms with Crippen molar-refractivity contribution >= 4 is 27.3 Å². The molecule has 0 bridgehead atoms. The fourth-order valence-corrected chi connectivity index (χ4v) is 3.90. The highest BCUT2D eigenvalue weighted by Crippen LogP contribution is 2.20. The molecule has 0 aliphatic heterocycles. The number of aromatic carboxylic acids is 1. The van der Waals surface area contributed by atoms with E-state index >= 15 is 0 Å². The minimum absolute atomic E-state index is 0.0129. The van der Waals surface area contributed by atoms with E-state index in [0.717, 1.165) is 5.56 Å². The Morgan fingerprint density at radius 1 is 1.33 bits per heavy atom. The first kappa shape index (κ1) is 15.7. The highest BCUT2D eigenvalue weighted by molar-refractivity contribution is 7.89. The number of hydrogen-bond acceptors (Lipinski definition) is 4. The molecule has 21 heavy (non-hydrogen) atoms. The van der Waals surface area contributed by atoms with E-state index in [4.69, 9.17) is 5.11 Å². The summed E-state index contributed by atoms with van der Waals surface area (Å²) >= 11 is 1.49. The Morgan fingerprint density at radius 3 is 2.62 bits per heavy atom. The van der Waals surface area contributed by atoms with Crippen LogP contribution in [-0.2, 0) is 10.0 Å². The van der Waals surface area contributed by atoms with Crippen LogP contribution in [0, 0.1) is 6.92 Å². The van der Waals surface area contributed by atoms with Gasteiger partial charge in [-0.3, -0.25) is 0 Å². The highest BCUT2D eigenvalue weighted by atomic mass is 32.2. The van der Waals surface area contributed by atoms with Gasteiger partial charge < -0.3 is 5.11 Å². The highest BCUT2D eigenvalue weighted by Gasteiger charge is 2.20. The van der Waals surface area contributed by atoms with Crippen LogP contribution in [0.3, 0.4) is 0 Å². The average molecular weight is 325 g/mol. The Kier molecular flexibility index (Phi) is 4.46. The SMILES string of the molecule is Cc1ccc(S(=O)(=O)NC(C)c2ccsc2)cc1C(=O)O. The standard InChI is InChI=1S/C14H15NO4S2/c1-9-3-4-12(7-13(9)14(16)17)21(18,19)15-10(2)11-5-6-20-8-11/h3-8,10,15H,1-2H3,(H,16,17). The molecule has 0 saturated heterocycles. The zero-order valence-electron chi connectivity index (χ0n) is 11.5. The summed E-state index contributed by atoms with van der Waals surface area (Å²) in [5, 5.41) is 12.8. The molecule has 5 nitrogen and oxygen atoms in total. The van der Waals surface area contributed by atoms with Crippen LogP contribution in [-0.4, -0.2) is 19.5 Å².